The zero-order chi connectivity index (χ0) is 26.1. The van der Waals surface area contributed by atoms with Crippen LogP contribution in [-0.4, -0.2) is 35.4 Å². The van der Waals surface area contributed by atoms with Gasteiger partial charge in [-0.15, -0.1) is 0 Å². The highest BCUT2D eigenvalue weighted by Gasteiger charge is 2.31. The molecule has 0 spiro atoms. The molecule has 0 unspecified atom stereocenters. The number of nitrogens with one attached hydrogen (secondary N) is 1. The Labute approximate surface area is 219 Å². The third kappa shape index (κ3) is 7.85. The molecule has 190 valence electrons. The van der Waals surface area contributed by atoms with Crippen LogP contribution in [-0.2, 0) is 22.6 Å². The van der Waals surface area contributed by atoms with E-state index in [0.717, 1.165) is 28.7 Å². The van der Waals surface area contributed by atoms with E-state index in [-0.39, 0.29) is 24.5 Å². The van der Waals surface area contributed by atoms with E-state index < -0.39 is 6.04 Å². The van der Waals surface area contributed by atoms with Gasteiger partial charge in [0.2, 0.25) is 5.91 Å². The second-order valence-electron chi connectivity index (χ2n) is 9.23. The summed E-state index contributed by atoms with van der Waals surface area (Å²) in [7, 11) is 0. The molecule has 1 N–H and O–H groups in total. The fourth-order valence-electron chi connectivity index (χ4n) is 3.94. The van der Waals surface area contributed by atoms with Crippen molar-refractivity contribution < 1.29 is 14.3 Å². The van der Waals surface area contributed by atoms with Crippen LogP contribution in [0, 0.1) is 13.8 Å². The van der Waals surface area contributed by atoms with Crippen molar-refractivity contribution in [1.82, 2.24) is 10.2 Å². The van der Waals surface area contributed by atoms with E-state index in [1.807, 2.05) is 82.3 Å². The molecule has 3 aromatic rings. The van der Waals surface area contributed by atoms with Crippen LogP contribution in [0.1, 0.15) is 42.5 Å². The van der Waals surface area contributed by atoms with Gasteiger partial charge in [0.05, 0.1) is 0 Å². The lowest BCUT2D eigenvalue weighted by atomic mass is 10.0. The summed E-state index contributed by atoms with van der Waals surface area (Å²) >= 11 is 6.13. The Kier molecular flexibility index (Phi) is 9.95. The summed E-state index contributed by atoms with van der Waals surface area (Å²) in [5.74, 6) is 0.130. The van der Waals surface area contributed by atoms with Crippen LogP contribution in [0.2, 0.25) is 5.02 Å². The molecular formula is C30H35ClN2O3. The summed E-state index contributed by atoms with van der Waals surface area (Å²) in [6.07, 6.45) is 1.20. The predicted octanol–water partition coefficient (Wildman–Crippen LogP) is 5.89. The van der Waals surface area contributed by atoms with Gasteiger partial charge in [-0.25, -0.2) is 0 Å². The number of ether oxygens (including phenoxy) is 1. The summed E-state index contributed by atoms with van der Waals surface area (Å²) in [5.41, 5.74) is 3.91. The first-order valence-corrected chi connectivity index (χ1v) is 12.7. The summed E-state index contributed by atoms with van der Waals surface area (Å²) in [6, 6.07) is 22.4. The number of benzene rings is 3. The number of carbonyl (C=O) groups is 2. The van der Waals surface area contributed by atoms with Gasteiger partial charge in [-0.1, -0.05) is 78.7 Å². The average molecular weight is 507 g/mol. The van der Waals surface area contributed by atoms with Gasteiger partial charge in [0.15, 0.2) is 6.61 Å². The predicted molar refractivity (Wildman–Crippen MR) is 145 cm³/mol. The minimum atomic E-state index is -0.690. The number of halogens is 1. The van der Waals surface area contributed by atoms with Crippen molar-refractivity contribution in [1.29, 1.82) is 0 Å². The van der Waals surface area contributed by atoms with Crippen LogP contribution >= 0.6 is 11.6 Å². The van der Waals surface area contributed by atoms with Crippen LogP contribution in [0.4, 0.5) is 0 Å². The number of aryl methyl sites for hydroxylation is 2. The highest BCUT2D eigenvalue weighted by atomic mass is 35.5. The molecule has 2 atom stereocenters. The van der Waals surface area contributed by atoms with E-state index in [2.05, 4.69) is 5.32 Å². The number of rotatable bonds is 11. The lowest BCUT2D eigenvalue weighted by Gasteiger charge is -2.32. The Morgan fingerprint density at radius 3 is 2.36 bits per heavy atom. The van der Waals surface area contributed by atoms with Crippen molar-refractivity contribution in [2.45, 2.75) is 59.2 Å². The van der Waals surface area contributed by atoms with Crippen LogP contribution in [0.3, 0.4) is 0 Å². The van der Waals surface area contributed by atoms with Crippen molar-refractivity contribution >= 4 is 23.4 Å². The summed E-state index contributed by atoms with van der Waals surface area (Å²) < 4.78 is 5.85. The van der Waals surface area contributed by atoms with Crippen molar-refractivity contribution in [2.24, 2.45) is 0 Å². The number of hydrogen-bond acceptors (Lipinski definition) is 3. The monoisotopic (exact) mass is 506 g/mol. The second kappa shape index (κ2) is 13.1. The molecule has 0 heterocycles. The van der Waals surface area contributed by atoms with Gasteiger partial charge in [0, 0.05) is 24.0 Å². The molecule has 0 bridgehead atoms. The maximum absolute atomic E-state index is 13.6. The Hall–Kier alpha value is -3.31. The van der Waals surface area contributed by atoms with Crippen LogP contribution < -0.4 is 10.1 Å². The van der Waals surface area contributed by atoms with Gasteiger partial charge >= 0.3 is 0 Å². The summed E-state index contributed by atoms with van der Waals surface area (Å²) in [4.78, 5) is 28.8. The first-order valence-electron chi connectivity index (χ1n) is 12.3. The molecule has 36 heavy (non-hydrogen) atoms. The number of hydrogen-bond donors (Lipinski definition) is 1. The number of nitrogens with zero attached hydrogens (tertiary/aromatic N) is 1. The fourth-order valence-corrected chi connectivity index (χ4v) is 4.05. The van der Waals surface area contributed by atoms with E-state index in [1.165, 1.54) is 0 Å². The van der Waals surface area contributed by atoms with Gasteiger partial charge < -0.3 is 15.0 Å². The Bertz CT molecular complexity index is 1170. The first-order chi connectivity index (χ1) is 17.3. The molecule has 0 aliphatic rings. The Balaban J connectivity index is 1.91. The molecule has 0 saturated carbocycles. The van der Waals surface area contributed by atoms with Gasteiger partial charge in [-0.3, -0.25) is 9.59 Å². The topological polar surface area (TPSA) is 58.6 Å². The van der Waals surface area contributed by atoms with Gasteiger partial charge in [0.25, 0.3) is 5.91 Å². The SMILES string of the molecule is CC[C@@H](C)NC(=O)[C@H](Cc1ccccc1)N(Cc1cccc(C)c1)C(=O)COc1ccc(Cl)c(C)c1. The standard InChI is InChI=1S/C30H35ClN2O3/c1-5-23(4)32-30(35)28(18-24-11-7-6-8-12-24)33(19-25-13-9-10-21(2)16-25)29(34)20-36-26-14-15-27(31)22(3)17-26/h6-17,23,28H,5,18-20H2,1-4H3,(H,32,35)/t23-,28+/m1/s1. The largest absolute Gasteiger partial charge is 0.484 e. The summed E-state index contributed by atoms with van der Waals surface area (Å²) in [5, 5.41) is 3.72. The molecule has 3 rings (SSSR count). The molecule has 0 aliphatic carbocycles. The fraction of sp³-hybridized carbons (Fsp3) is 0.333. The minimum absolute atomic E-state index is 0.0000115. The first kappa shape index (κ1) is 27.3. The van der Waals surface area contributed by atoms with Gasteiger partial charge in [0.1, 0.15) is 11.8 Å². The third-order valence-corrected chi connectivity index (χ3v) is 6.62. The highest BCUT2D eigenvalue weighted by molar-refractivity contribution is 6.31. The van der Waals surface area contributed by atoms with Crippen LogP contribution in [0.5, 0.6) is 5.75 Å². The molecule has 0 saturated heterocycles. The van der Waals surface area contributed by atoms with E-state index >= 15 is 0 Å². The van der Waals surface area contributed by atoms with Crippen molar-refractivity contribution in [2.75, 3.05) is 6.61 Å². The zero-order valence-corrected chi connectivity index (χ0v) is 22.2. The average Bonchev–Trinajstić information content (AvgIpc) is 2.87. The van der Waals surface area contributed by atoms with Crippen molar-refractivity contribution in [3.05, 3.63) is 100 Å². The van der Waals surface area contributed by atoms with Crippen LogP contribution in [0.25, 0.3) is 0 Å². The molecule has 0 aromatic heterocycles. The second-order valence-corrected chi connectivity index (χ2v) is 9.64. The highest BCUT2D eigenvalue weighted by Crippen LogP contribution is 2.22. The maximum Gasteiger partial charge on any atom is 0.261 e. The number of carbonyl (C=O) groups excluding carboxylic acids is 2. The number of amides is 2. The Morgan fingerprint density at radius 1 is 0.972 bits per heavy atom. The van der Waals surface area contributed by atoms with E-state index in [4.69, 9.17) is 16.3 Å². The van der Waals surface area contributed by atoms with E-state index in [9.17, 15) is 9.59 Å². The maximum atomic E-state index is 13.6. The molecule has 0 aliphatic heterocycles. The van der Waals surface area contributed by atoms with Gasteiger partial charge in [-0.05, 0) is 62.1 Å². The minimum Gasteiger partial charge on any atom is -0.484 e. The molecule has 0 fully saturated rings. The van der Waals surface area contributed by atoms with Gasteiger partial charge in [-0.2, -0.15) is 0 Å². The molecule has 0 radical (unpaired) electrons. The van der Waals surface area contributed by atoms with E-state index in [1.54, 1.807) is 23.1 Å². The van der Waals surface area contributed by atoms with Crippen molar-refractivity contribution in [3.8, 4) is 5.75 Å². The smallest absolute Gasteiger partial charge is 0.261 e. The zero-order valence-electron chi connectivity index (χ0n) is 21.5. The van der Waals surface area contributed by atoms with Crippen LogP contribution in [0.15, 0.2) is 72.8 Å². The third-order valence-electron chi connectivity index (χ3n) is 6.20. The lowest BCUT2D eigenvalue weighted by molar-refractivity contribution is -0.143. The molecular weight excluding hydrogens is 472 g/mol. The molecule has 5 nitrogen and oxygen atoms in total. The normalized spacial score (nSPS) is 12.5. The van der Waals surface area contributed by atoms with E-state index in [0.29, 0.717) is 23.7 Å². The quantitative estimate of drug-likeness (QED) is 0.352. The molecule has 6 heteroatoms. The van der Waals surface area contributed by atoms with Crippen molar-refractivity contribution in [3.63, 3.8) is 0 Å². The molecule has 2 amide bonds. The Morgan fingerprint density at radius 2 is 1.69 bits per heavy atom. The molecule has 3 aromatic carbocycles. The summed E-state index contributed by atoms with van der Waals surface area (Å²) in [6.45, 7) is 8.00. The lowest BCUT2D eigenvalue weighted by Crippen LogP contribution is -2.53.